The normalized spacial score (nSPS) is 38.8. The van der Waals surface area contributed by atoms with Crippen LogP contribution in [0.15, 0.2) is 24.6 Å². The third-order valence-electron chi connectivity index (χ3n) is 6.09. The molecule has 2 aliphatic carbocycles. The van der Waals surface area contributed by atoms with Crippen molar-refractivity contribution < 1.29 is 13.9 Å². The molecule has 2 fully saturated rings. The van der Waals surface area contributed by atoms with Crippen molar-refractivity contribution in [3.8, 4) is 0 Å². The minimum Gasteiger partial charge on any atom is -0.352 e. The van der Waals surface area contributed by atoms with Crippen LogP contribution in [0.1, 0.15) is 57.8 Å². The van der Waals surface area contributed by atoms with Gasteiger partial charge in [0.1, 0.15) is 0 Å². The molecule has 1 saturated heterocycles. The summed E-state index contributed by atoms with van der Waals surface area (Å²) in [5.74, 6) is 2.85. The van der Waals surface area contributed by atoms with Crippen LogP contribution in [-0.2, 0) is 9.47 Å². The van der Waals surface area contributed by atoms with Crippen molar-refractivity contribution in [1.29, 1.82) is 0 Å². The lowest BCUT2D eigenvalue weighted by Gasteiger charge is -2.35. The Hall–Kier alpha value is -0.670. The highest BCUT2D eigenvalue weighted by atomic mass is 19.1. The summed E-state index contributed by atoms with van der Waals surface area (Å²) in [6.07, 6.45) is 14.0. The molecule has 0 amide bonds. The molecule has 3 rings (SSSR count). The molecule has 0 bridgehead atoms. The van der Waals surface area contributed by atoms with Crippen LogP contribution in [0.25, 0.3) is 0 Å². The summed E-state index contributed by atoms with van der Waals surface area (Å²) in [7, 11) is 0. The van der Waals surface area contributed by atoms with Gasteiger partial charge in [-0.1, -0.05) is 25.0 Å². The first-order valence-corrected chi connectivity index (χ1v) is 9.45. The summed E-state index contributed by atoms with van der Waals surface area (Å²) in [5.41, 5.74) is 0. The maximum atomic E-state index is 13.1. The SMILES string of the molecule is C=CC1COC(CCC2CCC(C3CC=C(F)CC3)CC2)OC1. The van der Waals surface area contributed by atoms with Gasteiger partial charge in [-0.15, -0.1) is 6.58 Å². The molecule has 2 nitrogen and oxygen atoms in total. The first kappa shape index (κ1) is 17.2. The number of hydrogen-bond donors (Lipinski definition) is 0. The summed E-state index contributed by atoms with van der Waals surface area (Å²) >= 11 is 0. The van der Waals surface area contributed by atoms with E-state index >= 15 is 0 Å². The zero-order valence-corrected chi connectivity index (χ0v) is 14.2. The molecule has 0 aromatic rings. The van der Waals surface area contributed by atoms with Crippen molar-refractivity contribution >= 4 is 0 Å². The van der Waals surface area contributed by atoms with E-state index in [2.05, 4.69) is 6.58 Å². The molecule has 1 unspecified atom stereocenters. The Morgan fingerprint density at radius 1 is 1.04 bits per heavy atom. The lowest BCUT2D eigenvalue weighted by Crippen LogP contribution is -2.31. The smallest absolute Gasteiger partial charge is 0.157 e. The van der Waals surface area contributed by atoms with E-state index in [9.17, 15) is 4.39 Å². The fourth-order valence-corrected chi connectivity index (χ4v) is 4.43. The number of hydrogen-bond acceptors (Lipinski definition) is 2. The van der Waals surface area contributed by atoms with Crippen LogP contribution in [0.3, 0.4) is 0 Å². The minimum atomic E-state index is -0.00428. The molecule has 1 atom stereocenters. The van der Waals surface area contributed by atoms with Gasteiger partial charge in [-0.25, -0.2) is 4.39 Å². The maximum absolute atomic E-state index is 13.1. The summed E-state index contributed by atoms with van der Waals surface area (Å²) < 4.78 is 24.7. The average Bonchev–Trinajstić information content (AvgIpc) is 2.61. The Bertz CT molecular complexity index is 404. The predicted octanol–water partition coefficient (Wildman–Crippen LogP) is 5.40. The number of halogens is 1. The molecule has 3 heteroatoms. The van der Waals surface area contributed by atoms with Crippen LogP contribution in [-0.4, -0.2) is 19.5 Å². The lowest BCUT2D eigenvalue weighted by molar-refractivity contribution is -0.197. The van der Waals surface area contributed by atoms with E-state index in [-0.39, 0.29) is 12.1 Å². The molecule has 1 saturated carbocycles. The largest absolute Gasteiger partial charge is 0.352 e. The molecule has 23 heavy (non-hydrogen) atoms. The van der Waals surface area contributed by atoms with Gasteiger partial charge in [-0.3, -0.25) is 0 Å². The monoisotopic (exact) mass is 322 g/mol. The van der Waals surface area contributed by atoms with Gasteiger partial charge in [0.2, 0.25) is 0 Å². The topological polar surface area (TPSA) is 18.5 Å². The molecule has 0 radical (unpaired) electrons. The Kier molecular flexibility index (Phi) is 6.29. The maximum Gasteiger partial charge on any atom is 0.157 e. The van der Waals surface area contributed by atoms with Crippen molar-refractivity contribution in [3.63, 3.8) is 0 Å². The number of allylic oxidation sites excluding steroid dienone is 2. The highest BCUT2D eigenvalue weighted by Crippen LogP contribution is 2.41. The van der Waals surface area contributed by atoms with Crippen LogP contribution < -0.4 is 0 Å². The second-order valence-corrected chi connectivity index (χ2v) is 7.64. The van der Waals surface area contributed by atoms with E-state index in [4.69, 9.17) is 9.47 Å². The van der Waals surface area contributed by atoms with Gasteiger partial charge in [0.05, 0.1) is 19.0 Å². The minimum absolute atomic E-state index is 0.00428. The van der Waals surface area contributed by atoms with Crippen molar-refractivity contribution in [1.82, 2.24) is 0 Å². The van der Waals surface area contributed by atoms with Crippen LogP contribution in [0, 0.1) is 23.7 Å². The molecule has 0 N–H and O–H groups in total. The van der Waals surface area contributed by atoms with Gasteiger partial charge in [-0.2, -0.15) is 0 Å². The Morgan fingerprint density at radius 3 is 2.39 bits per heavy atom. The van der Waals surface area contributed by atoms with Gasteiger partial charge in [-0.05, 0) is 62.7 Å². The van der Waals surface area contributed by atoms with Crippen molar-refractivity contribution in [3.05, 3.63) is 24.6 Å². The van der Waals surface area contributed by atoms with Gasteiger partial charge < -0.3 is 9.47 Å². The molecule has 0 spiro atoms. The molecule has 0 aromatic heterocycles. The summed E-state index contributed by atoms with van der Waals surface area (Å²) in [6.45, 7) is 5.31. The Morgan fingerprint density at radius 2 is 1.78 bits per heavy atom. The molecule has 0 aromatic carbocycles. The van der Waals surface area contributed by atoms with E-state index in [1.165, 1.54) is 32.1 Å². The standard InChI is InChI=1S/C20H31FO2/c1-2-15-13-22-20(23-14-15)12-5-16-3-6-17(7-4-16)18-8-10-19(21)11-9-18/h2,10,15-18,20H,1,3-9,11-14H2. The van der Waals surface area contributed by atoms with E-state index in [0.29, 0.717) is 12.3 Å². The van der Waals surface area contributed by atoms with Gasteiger partial charge >= 0.3 is 0 Å². The zero-order valence-electron chi connectivity index (χ0n) is 14.2. The van der Waals surface area contributed by atoms with Crippen LogP contribution in [0.4, 0.5) is 4.39 Å². The second-order valence-electron chi connectivity index (χ2n) is 7.64. The molecular formula is C20H31FO2. The Labute approximate surface area is 140 Å². The first-order valence-electron chi connectivity index (χ1n) is 9.45. The van der Waals surface area contributed by atoms with Gasteiger partial charge in [0.15, 0.2) is 6.29 Å². The third-order valence-corrected chi connectivity index (χ3v) is 6.09. The van der Waals surface area contributed by atoms with E-state index in [0.717, 1.165) is 50.2 Å². The highest BCUT2D eigenvalue weighted by molar-refractivity contribution is 4.99. The summed E-state index contributed by atoms with van der Waals surface area (Å²) in [5, 5.41) is 0. The molecule has 3 aliphatic rings. The van der Waals surface area contributed by atoms with E-state index < -0.39 is 0 Å². The first-order chi connectivity index (χ1) is 11.2. The van der Waals surface area contributed by atoms with E-state index in [1.54, 1.807) is 0 Å². The fraction of sp³-hybridized carbons (Fsp3) is 0.800. The summed E-state index contributed by atoms with van der Waals surface area (Å²) in [4.78, 5) is 0. The van der Waals surface area contributed by atoms with Crippen LogP contribution in [0.5, 0.6) is 0 Å². The van der Waals surface area contributed by atoms with Crippen LogP contribution >= 0.6 is 0 Å². The average molecular weight is 322 g/mol. The third kappa shape index (κ3) is 4.90. The zero-order chi connectivity index (χ0) is 16.1. The van der Waals surface area contributed by atoms with Crippen LogP contribution in [0.2, 0.25) is 0 Å². The number of rotatable bonds is 5. The fourth-order valence-electron chi connectivity index (χ4n) is 4.43. The Balaban J connectivity index is 1.33. The quantitative estimate of drug-likeness (QED) is 0.631. The van der Waals surface area contributed by atoms with Gasteiger partial charge in [0.25, 0.3) is 0 Å². The van der Waals surface area contributed by atoms with Gasteiger partial charge in [0, 0.05) is 5.92 Å². The lowest BCUT2D eigenvalue weighted by atomic mass is 9.71. The summed E-state index contributed by atoms with van der Waals surface area (Å²) in [6, 6.07) is 0. The number of ether oxygens (including phenoxy) is 2. The van der Waals surface area contributed by atoms with E-state index in [1.807, 2.05) is 12.2 Å². The molecular weight excluding hydrogens is 291 g/mol. The predicted molar refractivity (Wildman–Crippen MR) is 90.6 cm³/mol. The molecule has 1 heterocycles. The van der Waals surface area contributed by atoms with Crippen molar-refractivity contribution in [2.24, 2.45) is 23.7 Å². The molecule has 1 aliphatic heterocycles. The highest BCUT2D eigenvalue weighted by Gasteiger charge is 2.29. The van der Waals surface area contributed by atoms with Crippen molar-refractivity contribution in [2.45, 2.75) is 64.1 Å². The second kappa shape index (κ2) is 8.43. The van der Waals surface area contributed by atoms with Crippen molar-refractivity contribution in [2.75, 3.05) is 13.2 Å². The molecule has 130 valence electrons.